The molecule has 0 radical (unpaired) electrons. The number of aromatic nitrogens is 4. The van der Waals surface area contributed by atoms with Gasteiger partial charge in [-0.1, -0.05) is 18.1 Å². The number of nitrogens with one attached hydrogen (secondary N) is 1. The Labute approximate surface area is 240 Å². The smallest absolute Gasteiger partial charge is 0.197 e. The van der Waals surface area contributed by atoms with E-state index in [1.165, 1.54) is 27.4 Å². The van der Waals surface area contributed by atoms with E-state index in [9.17, 15) is 5.11 Å². The summed E-state index contributed by atoms with van der Waals surface area (Å²) < 4.78 is 4.45. The quantitative estimate of drug-likeness (QED) is 0.222. The second kappa shape index (κ2) is 10.2. The van der Waals surface area contributed by atoms with Gasteiger partial charge in [-0.2, -0.15) is 5.10 Å². The molecular formula is C32H39N7O2. The molecule has 0 unspecified atom stereocenters. The van der Waals surface area contributed by atoms with E-state index in [4.69, 9.17) is 9.94 Å². The van der Waals surface area contributed by atoms with Crippen molar-refractivity contribution in [3.8, 4) is 17.0 Å². The molecule has 9 nitrogen and oxygen atoms in total. The van der Waals surface area contributed by atoms with E-state index in [1.807, 2.05) is 24.9 Å². The van der Waals surface area contributed by atoms with Gasteiger partial charge in [0.05, 0.1) is 22.3 Å². The summed E-state index contributed by atoms with van der Waals surface area (Å²) in [6.45, 7) is 12.0. The fourth-order valence-corrected chi connectivity index (χ4v) is 7.21. The lowest BCUT2D eigenvalue weighted by Gasteiger charge is -2.34. The molecule has 2 aliphatic rings. The van der Waals surface area contributed by atoms with Gasteiger partial charge < -0.3 is 29.3 Å². The Bertz CT molecular complexity index is 1800. The minimum absolute atomic E-state index is 0.218. The molecule has 0 spiro atoms. The highest BCUT2D eigenvalue weighted by Gasteiger charge is 2.30. The molecule has 0 bridgehead atoms. The Morgan fingerprint density at radius 3 is 2.66 bits per heavy atom. The van der Waals surface area contributed by atoms with Crippen molar-refractivity contribution in [2.24, 2.45) is 12.2 Å². The van der Waals surface area contributed by atoms with Gasteiger partial charge in [0, 0.05) is 85.0 Å². The Balaban J connectivity index is 1.42. The minimum Gasteiger partial charge on any atom is -0.494 e. The van der Waals surface area contributed by atoms with Gasteiger partial charge in [-0.15, -0.1) is 0 Å². The molecule has 0 saturated carbocycles. The van der Waals surface area contributed by atoms with Crippen LogP contribution in [0.1, 0.15) is 37.1 Å². The second-order valence-electron chi connectivity index (χ2n) is 11.5. The van der Waals surface area contributed by atoms with Crippen molar-refractivity contribution in [3.63, 3.8) is 0 Å². The third kappa shape index (κ3) is 4.21. The predicted molar refractivity (Wildman–Crippen MR) is 165 cm³/mol. The summed E-state index contributed by atoms with van der Waals surface area (Å²) in [5.74, 6) is 0.218. The topological polar surface area (TPSA) is 86.8 Å². The largest absolute Gasteiger partial charge is 0.494 e. The number of aromatic amines is 1. The monoisotopic (exact) mass is 553 g/mol. The van der Waals surface area contributed by atoms with Crippen LogP contribution in [0.5, 0.6) is 5.88 Å². The SMILES string of the molecule is CCN1CCN(CCCn2c3ccc(C(C)=NOC)cc3c3c4c[nH]c(O)c4c4c(c32)CCc2nn(C)cc2-4)CC1. The fourth-order valence-electron chi connectivity index (χ4n) is 7.21. The van der Waals surface area contributed by atoms with Crippen LogP contribution in [0.2, 0.25) is 0 Å². The first-order valence-corrected chi connectivity index (χ1v) is 14.8. The zero-order valence-electron chi connectivity index (χ0n) is 24.5. The molecule has 2 N–H and O–H groups in total. The molecule has 2 aromatic carbocycles. The summed E-state index contributed by atoms with van der Waals surface area (Å²) in [5, 5.41) is 24.4. The summed E-state index contributed by atoms with van der Waals surface area (Å²) in [7, 11) is 3.56. The molecule has 5 aromatic rings. The van der Waals surface area contributed by atoms with Crippen LogP contribution in [0.25, 0.3) is 43.7 Å². The van der Waals surface area contributed by atoms with Crippen molar-refractivity contribution >= 4 is 38.3 Å². The van der Waals surface area contributed by atoms with E-state index < -0.39 is 0 Å². The van der Waals surface area contributed by atoms with E-state index in [2.05, 4.69) is 55.8 Å². The molecule has 0 amide bonds. The van der Waals surface area contributed by atoms with Crippen LogP contribution in [0, 0.1) is 0 Å². The van der Waals surface area contributed by atoms with E-state index in [0.717, 1.165) is 104 Å². The molecule has 9 heteroatoms. The van der Waals surface area contributed by atoms with Gasteiger partial charge >= 0.3 is 0 Å². The molecule has 1 fully saturated rings. The number of piperazine rings is 1. The number of benzene rings is 2. The van der Waals surface area contributed by atoms with E-state index in [1.54, 1.807) is 7.11 Å². The average Bonchev–Trinajstić information content (AvgIpc) is 3.65. The van der Waals surface area contributed by atoms with Crippen LogP contribution in [0.3, 0.4) is 0 Å². The highest BCUT2D eigenvalue weighted by Crippen LogP contribution is 2.49. The lowest BCUT2D eigenvalue weighted by Crippen LogP contribution is -2.46. The minimum atomic E-state index is 0.218. The Morgan fingerprint density at radius 1 is 1.07 bits per heavy atom. The first kappa shape index (κ1) is 26.1. The molecule has 1 aliphatic heterocycles. The van der Waals surface area contributed by atoms with E-state index in [0.29, 0.717) is 0 Å². The fraction of sp³-hybridized carbons (Fsp3) is 0.438. The maximum Gasteiger partial charge on any atom is 0.197 e. The zero-order chi connectivity index (χ0) is 28.2. The van der Waals surface area contributed by atoms with Crippen LogP contribution in [0.15, 0.2) is 35.7 Å². The number of likely N-dealkylation sites (N-methyl/N-ethyl adjacent to an activating group) is 1. The van der Waals surface area contributed by atoms with Crippen LogP contribution < -0.4 is 0 Å². The van der Waals surface area contributed by atoms with Gasteiger partial charge in [0.25, 0.3) is 0 Å². The van der Waals surface area contributed by atoms with Gasteiger partial charge in [-0.25, -0.2) is 0 Å². The maximum absolute atomic E-state index is 11.1. The number of hydrogen-bond donors (Lipinski definition) is 2. The normalized spacial score (nSPS) is 16.6. The van der Waals surface area contributed by atoms with Crippen molar-refractivity contribution in [2.75, 3.05) is 46.4 Å². The summed E-state index contributed by atoms with van der Waals surface area (Å²) in [5.41, 5.74) is 9.04. The van der Waals surface area contributed by atoms with Crippen LogP contribution in [-0.2, 0) is 31.3 Å². The number of fused-ring (bicyclic) bond motifs is 10. The van der Waals surface area contributed by atoms with Crippen LogP contribution in [-0.4, -0.2) is 86.3 Å². The molecule has 1 aliphatic carbocycles. The summed E-state index contributed by atoms with van der Waals surface area (Å²) in [6, 6.07) is 6.63. The molecule has 1 saturated heterocycles. The van der Waals surface area contributed by atoms with Gasteiger partial charge in [0.2, 0.25) is 0 Å². The molecule has 41 heavy (non-hydrogen) atoms. The number of nitrogens with zero attached hydrogens (tertiary/aromatic N) is 6. The standard InChI is InChI=1S/C32H39N7O2/c1-5-37-13-15-38(16-14-37)11-6-12-39-27-10-7-21(20(2)35-41-4)17-23(27)29-24-18-33-32(40)30(24)28-22(31(29)39)8-9-26-25(28)19-36(3)34-26/h7,10,17-19,33,40H,5-6,8-9,11-16H2,1-4H3. The van der Waals surface area contributed by atoms with Crippen LogP contribution in [0.4, 0.5) is 0 Å². The second-order valence-corrected chi connectivity index (χ2v) is 11.5. The number of aryl methyl sites for hydroxylation is 4. The lowest BCUT2D eigenvalue weighted by molar-refractivity contribution is 0.135. The lowest BCUT2D eigenvalue weighted by atomic mass is 9.85. The number of hydrogen-bond acceptors (Lipinski definition) is 6. The maximum atomic E-state index is 11.1. The third-order valence-electron chi connectivity index (χ3n) is 9.23. The number of H-pyrrole nitrogens is 1. The predicted octanol–water partition coefficient (Wildman–Crippen LogP) is 4.88. The highest BCUT2D eigenvalue weighted by atomic mass is 16.6. The van der Waals surface area contributed by atoms with E-state index in [-0.39, 0.29) is 5.88 Å². The molecule has 214 valence electrons. The van der Waals surface area contributed by atoms with Gasteiger partial charge in [0.15, 0.2) is 5.88 Å². The first-order valence-electron chi connectivity index (χ1n) is 14.8. The summed E-state index contributed by atoms with van der Waals surface area (Å²) in [6.07, 6.45) is 6.94. The molecule has 4 heterocycles. The average molecular weight is 554 g/mol. The molecular weight excluding hydrogens is 514 g/mol. The Morgan fingerprint density at radius 2 is 1.88 bits per heavy atom. The number of oxime groups is 1. The van der Waals surface area contributed by atoms with Crippen molar-refractivity contribution < 1.29 is 9.94 Å². The first-order chi connectivity index (χ1) is 20.0. The van der Waals surface area contributed by atoms with Crippen LogP contribution >= 0.6 is 0 Å². The summed E-state index contributed by atoms with van der Waals surface area (Å²) in [4.78, 5) is 13.4. The van der Waals surface area contributed by atoms with Gasteiger partial charge in [0.1, 0.15) is 7.11 Å². The van der Waals surface area contributed by atoms with Crippen molar-refractivity contribution in [3.05, 3.63) is 47.4 Å². The third-order valence-corrected chi connectivity index (χ3v) is 9.23. The van der Waals surface area contributed by atoms with E-state index >= 15 is 0 Å². The molecule has 3 aromatic heterocycles. The number of aromatic hydroxyl groups is 1. The van der Waals surface area contributed by atoms with Crippen molar-refractivity contribution in [2.45, 2.75) is 39.7 Å². The molecule has 0 atom stereocenters. The molecule has 7 rings (SSSR count). The Kier molecular flexibility index (Phi) is 6.51. The highest BCUT2D eigenvalue weighted by molar-refractivity contribution is 6.27. The van der Waals surface area contributed by atoms with Gasteiger partial charge in [-0.05, 0) is 62.5 Å². The summed E-state index contributed by atoms with van der Waals surface area (Å²) >= 11 is 0. The zero-order valence-corrected chi connectivity index (χ0v) is 24.5. The van der Waals surface area contributed by atoms with Crippen molar-refractivity contribution in [1.29, 1.82) is 0 Å². The number of rotatable bonds is 7. The van der Waals surface area contributed by atoms with Crippen molar-refractivity contribution in [1.82, 2.24) is 29.1 Å². The Hall–Kier alpha value is -3.82. The van der Waals surface area contributed by atoms with Gasteiger partial charge in [-0.3, -0.25) is 4.68 Å².